The molecule has 2 heterocycles. The van der Waals surface area contributed by atoms with Crippen molar-refractivity contribution in [2.45, 2.75) is 27.3 Å². The number of hydrogen-bond acceptors (Lipinski definition) is 7. The second-order valence-corrected chi connectivity index (χ2v) is 7.49. The molecule has 8 heteroatoms. The van der Waals surface area contributed by atoms with Crippen LogP contribution in [0.3, 0.4) is 0 Å². The first-order valence-electron chi connectivity index (χ1n) is 10.6. The number of likely N-dealkylation sites (N-methyl/N-ethyl adjacent to an activating group) is 2. The van der Waals surface area contributed by atoms with E-state index >= 15 is 0 Å². The molecular formula is C23H31N7O. The smallest absolute Gasteiger partial charge is 0.164 e. The number of aryl methyl sites for hydroxylation is 1. The van der Waals surface area contributed by atoms with Gasteiger partial charge < -0.3 is 19.7 Å². The molecule has 0 bridgehead atoms. The summed E-state index contributed by atoms with van der Waals surface area (Å²) in [5.74, 6) is 2.57. The summed E-state index contributed by atoms with van der Waals surface area (Å²) in [5.41, 5.74) is 3.61. The summed E-state index contributed by atoms with van der Waals surface area (Å²) < 4.78 is 2.11. The summed E-state index contributed by atoms with van der Waals surface area (Å²) in [7, 11) is 4.06. The summed E-state index contributed by atoms with van der Waals surface area (Å²) in [6.45, 7) is 9.24. The van der Waals surface area contributed by atoms with Crippen molar-refractivity contribution in [1.82, 2.24) is 19.7 Å². The molecule has 0 aliphatic carbocycles. The van der Waals surface area contributed by atoms with Gasteiger partial charge in [-0.25, -0.2) is 4.98 Å². The van der Waals surface area contributed by atoms with Crippen molar-refractivity contribution >= 4 is 23.5 Å². The summed E-state index contributed by atoms with van der Waals surface area (Å²) >= 11 is 0. The lowest BCUT2D eigenvalue weighted by molar-refractivity contribution is 0.112. The highest BCUT2D eigenvalue weighted by Crippen LogP contribution is 2.24. The monoisotopic (exact) mass is 421 g/mol. The number of carbonyl (C=O) groups excluding carboxylic acids is 1. The van der Waals surface area contributed by atoms with E-state index in [4.69, 9.17) is 0 Å². The van der Waals surface area contributed by atoms with E-state index in [1.165, 1.54) is 0 Å². The Balaban J connectivity index is 1.73. The molecule has 0 atom stereocenters. The number of nitrogens with zero attached hydrogens (tertiary/aromatic N) is 6. The number of nitrogens with one attached hydrogen (secondary N) is 1. The Morgan fingerprint density at radius 2 is 1.87 bits per heavy atom. The van der Waals surface area contributed by atoms with Crippen LogP contribution in [0.25, 0.3) is 11.4 Å². The van der Waals surface area contributed by atoms with Gasteiger partial charge in [-0.1, -0.05) is 12.1 Å². The summed E-state index contributed by atoms with van der Waals surface area (Å²) in [5, 5.41) is 11.8. The lowest BCUT2D eigenvalue weighted by Gasteiger charge is -2.26. The van der Waals surface area contributed by atoms with E-state index in [9.17, 15) is 4.79 Å². The van der Waals surface area contributed by atoms with Crippen LogP contribution in [0.4, 0.5) is 17.2 Å². The first-order chi connectivity index (χ1) is 15.0. The normalized spacial score (nSPS) is 10.7. The maximum Gasteiger partial charge on any atom is 0.164 e. The van der Waals surface area contributed by atoms with E-state index in [0.717, 1.165) is 66.9 Å². The Kier molecular flexibility index (Phi) is 7.23. The number of benzene rings is 1. The molecule has 0 fully saturated rings. The number of carbonyl (C=O) groups is 1. The van der Waals surface area contributed by atoms with Crippen LogP contribution in [0.2, 0.25) is 0 Å². The Hall–Kier alpha value is -3.42. The second kappa shape index (κ2) is 10.1. The Morgan fingerprint density at radius 3 is 2.58 bits per heavy atom. The van der Waals surface area contributed by atoms with E-state index in [0.29, 0.717) is 5.56 Å². The topological polar surface area (TPSA) is 79.2 Å². The highest BCUT2D eigenvalue weighted by Gasteiger charge is 2.13. The molecule has 0 aliphatic rings. The van der Waals surface area contributed by atoms with Crippen LogP contribution in [-0.2, 0) is 6.54 Å². The van der Waals surface area contributed by atoms with E-state index in [1.54, 1.807) is 6.20 Å². The predicted octanol–water partition coefficient (Wildman–Crippen LogP) is 3.49. The van der Waals surface area contributed by atoms with Crippen LogP contribution in [-0.4, -0.2) is 59.8 Å². The molecule has 3 rings (SSSR count). The zero-order chi connectivity index (χ0) is 22.4. The minimum atomic E-state index is 0.586. The number of aromatic nitrogens is 4. The SMILES string of the molecule is CCNc1cc(N(C)CCN(C)c2cccc(-c3nnc(C)n3CC)c2)c(C=O)cn1. The first-order valence-corrected chi connectivity index (χ1v) is 10.6. The molecule has 0 aliphatic heterocycles. The number of rotatable bonds is 10. The van der Waals surface area contributed by atoms with Crippen molar-refractivity contribution < 1.29 is 4.79 Å². The van der Waals surface area contributed by atoms with E-state index in [-0.39, 0.29) is 0 Å². The molecule has 164 valence electrons. The molecule has 1 N–H and O–H groups in total. The van der Waals surface area contributed by atoms with Crippen molar-refractivity contribution in [2.24, 2.45) is 0 Å². The van der Waals surface area contributed by atoms with Gasteiger partial charge in [0.2, 0.25) is 0 Å². The van der Waals surface area contributed by atoms with Gasteiger partial charge in [0.25, 0.3) is 0 Å². The quantitative estimate of drug-likeness (QED) is 0.502. The highest BCUT2D eigenvalue weighted by molar-refractivity contribution is 5.85. The fourth-order valence-corrected chi connectivity index (χ4v) is 3.56. The second-order valence-electron chi connectivity index (χ2n) is 7.49. The molecule has 0 radical (unpaired) electrons. The molecule has 8 nitrogen and oxygen atoms in total. The van der Waals surface area contributed by atoms with Crippen LogP contribution >= 0.6 is 0 Å². The van der Waals surface area contributed by atoms with Crippen LogP contribution < -0.4 is 15.1 Å². The molecule has 0 spiro atoms. The zero-order valence-corrected chi connectivity index (χ0v) is 19.0. The third-order valence-corrected chi connectivity index (χ3v) is 5.38. The minimum Gasteiger partial charge on any atom is -0.373 e. The molecule has 0 saturated carbocycles. The van der Waals surface area contributed by atoms with Crippen LogP contribution in [0.5, 0.6) is 0 Å². The first kappa shape index (κ1) is 22.3. The molecule has 0 amide bonds. The van der Waals surface area contributed by atoms with E-state index in [2.05, 4.69) is 67.0 Å². The van der Waals surface area contributed by atoms with Gasteiger partial charge in [-0.05, 0) is 32.9 Å². The summed E-state index contributed by atoms with van der Waals surface area (Å²) in [6, 6.07) is 10.3. The highest BCUT2D eigenvalue weighted by atomic mass is 16.1. The van der Waals surface area contributed by atoms with Crippen LogP contribution in [0.1, 0.15) is 30.0 Å². The van der Waals surface area contributed by atoms with Gasteiger partial charge in [0, 0.05) is 63.8 Å². The van der Waals surface area contributed by atoms with E-state index < -0.39 is 0 Å². The Bertz CT molecular complexity index is 1030. The fourth-order valence-electron chi connectivity index (χ4n) is 3.56. The van der Waals surface area contributed by atoms with Gasteiger partial charge in [0.1, 0.15) is 11.6 Å². The summed E-state index contributed by atoms with van der Waals surface area (Å²) in [6.07, 6.45) is 2.48. The van der Waals surface area contributed by atoms with Gasteiger partial charge in [0.15, 0.2) is 12.1 Å². The number of pyridine rings is 1. The van der Waals surface area contributed by atoms with Gasteiger partial charge >= 0.3 is 0 Å². The molecule has 1 aromatic carbocycles. The Labute approximate surface area is 183 Å². The van der Waals surface area contributed by atoms with Crippen molar-refractivity contribution in [3.63, 3.8) is 0 Å². The number of hydrogen-bond donors (Lipinski definition) is 1. The lowest BCUT2D eigenvalue weighted by Crippen LogP contribution is -2.31. The third kappa shape index (κ3) is 5.02. The van der Waals surface area contributed by atoms with Crippen molar-refractivity contribution in [2.75, 3.05) is 48.8 Å². The van der Waals surface area contributed by atoms with Gasteiger partial charge in [-0.2, -0.15) is 0 Å². The minimum absolute atomic E-state index is 0.586. The average Bonchev–Trinajstić information content (AvgIpc) is 3.17. The van der Waals surface area contributed by atoms with Gasteiger partial charge in [0.05, 0.1) is 11.3 Å². The predicted molar refractivity (Wildman–Crippen MR) is 126 cm³/mol. The molecule has 0 saturated heterocycles. The maximum atomic E-state index is 11.5. The largest absolute Gasteiger partial charge is 0.373 e. The fraction of sp³-hybridized carbons (Fsp3) is 0.391. The van der Waals surface area contributed by atoms with E-state index in [1.807, 2.05) is 33.0 Å². The average molecular weight is 422 g/mol. The molecule has 0 unspecified atom stereocenters. The Morgan fingerprint density at radius 1 is 1.10 bits per heavy atom. The van der Waals surface area contributed by atoms with Gasteiger partial charge in [-0.3, -0.25) is 4.79 Å². The maximum absolute atomic E-state index is 11.5. The zero-order valence-electron chi connectivity index (χ0n) is 19.0. The molecule has 3 aromatic rings. The van der Waals surface area contributed by atoms with Gasteiger partial charge in [-0.15, -0.1) is 10.2 Å². The number of anilines is 3. The third-order valence-electron chi connectivity index (χ3n) is 5.38. The summed E-state index contributed by atoms with van der Waals surface area (Å²) in [4.78, 5) is 20.1. The molecule has 2 aromatic heterocycles. The van der Waals surface area contributed by atoms with Crippen molar-refractivity contribution in [3.8, 4) is 11.4 Å². The van der Waals surface area contributed by atoms with Crippen LogP contribution in [0, 0.1) is 6.92 Å². The van der Waals surface area contributed by atoms with Crippen molar-refractivity contribution in [3.05, 3.63) is 47.9 Å². The number of aldehydes is 1. The van der Waals surface area contributed by atoms with Crippen LogP contribution in [0.15, 0.2) is 36.5 Å². The standard InChI is InChI=1S/C23H31N7O/c1-6-24-22-14-21(19(16-31)15-25-22)29(5)12-11-28(4)20-10-8-9-18(13-20)23-27-26-17(3)30(23)7-2/h8-10,13-16H,6-7,11-12H2,1-5H3,(H,24,25). The molecule has 31 heavy (non-hydrogen) atoms. The molecular weight excluding hydrogens is 390 g/mol. The van der Waals surface area contributed by atoms with Crippen molar-refractivity contribution in [1.29, 1.82) is 0 Å². The lowest BCUT2D eigenvalue weighted by atomic mass is 10.1.